The third-order valence-corrected chi connectivity index (χ3v) is 5.62. The van der Waals surface area contributed by atoms with Gasteiger partial charge in [-0.05, 0) is 32.1 Å². The van der Waals surface area contributed by atoms with Crippen LogP contribution in [0.15, 0.2) is 6.33 Å². The first-order valence-electron chi connectivity index (χ1n) is 9.68. The van der Waals surface area contributed by atoms with Crippen molar-refractivity contribution in [3.8, 4) is 17.1 Å². The molecular weight excluding hydrogens is 330 g/mol. The highest BCUT2D eigenvalue weighted by molar-refractivity contribution is 5.72. The van der Waals surface area contributed by atoms with Crippen LogP contribution in [-0.2, 0) is 17.7 Å². The van der Waals surface area contributed by atoms with Crippen LogP contribution in [0.1, 0.15) is 61.2 Å². The van der Waals surface area contributed by atoms with Crippen molar-refractivity contribution in [2.75, 3.05) is 20.3 Å². The fourth-order valence-electron chi connectivity index (χ4n) is 4.16. The van der Waals surface area contributed by atoms with Crippen LogP contribution in [0.25, 0.3) is 11.3 Å². The number of rotatable bonds is 4. The maximum atomic E-state index is 6.04. The van der Waals surface area contributed by atoms with E-state index in [1.165, 1.54) is 30.5 Å². The van der Waals surface area contributed by atoms with Gasteiger partial charge in [0.1, 0.15) is 18.2 Å². The predicted molar refractivity (Wildman–Crippen MR) is 96.0 cm³/mol. The molecule has 4 heterocycles. The average Bonchev–Trinajstić information content (AvgIpc) is 3.49. The Morgan fingerprint density at radius 3 is 2.92 bits per heavy atom. The molecule has 0 bridgehead atoms. The van der Waals surface area contributed by atoms with Crippen LogP contribution < -0.4 is 10.1 Å². The zero-order valence-electron chi connectivity index (χ0n) is 15.2. The maximum Gasteiger partial charge on any atom is 0.226 e. The molecule has 1 saturated heterocycles. The first kappa shape index (κ1) is 16.2. The second-order valence-corrected chi connectivity index (χ2v) is 7.38. The second kappa shape index (κ2) is 6.63. The number of fused-ring (bicyclic) bond motifs is 1. The Balaban J connectivity index is 1.67. The van der Waals surface area contributed by atoms with Gasteiger partial charge in [-0.2, -0.15) is 5.10 Å². The van der Waals surface area contributed by atoms with Crippen LogP contribution in [0.3, 0.4) is 0 Å². The van der Waals surface area contributed by atoms with Crippen molar-refractivity contribution < 1.29 is 9.47 Å². The van der Waals surface area contributed by atoms with Crippen molar-refractivity contribution in [2.24, 2.45) is 0 Å². The van der Waals surface area contributed by atoms with E-state index in [1.54, 1.807) is 13.4 Å². The van der Waals surface area contributed by atoms with Crippen LogP contribution >= 0.6 is 0 Å². The lowest BCUT2D eigenvalue weighted by molar-refractivity contribution is -0.0411. The highest BCUT2D eigenvalue weighted by atomic mass is 16.5. The molecule has 1 aliphatic carbocycles. The summed E-state index contributed by atoms with van der Waals surface area (Å²) in [6, 6.07) is 0. The number of ether oxygens (including phenoxy) is 2. The molecule has 7 heteroatoms. The smallest absolute Gasteiger partial charge is 0.226 e. The Hall–Kier alpha value is -1.99. The van der Waals surface area contributed by atoms with E-state index in [0.29, 0.717) is 11.8 Å². The van der Waals surface area contributed by atoms with Gasteiger partial charge < -0.3 is 14.8 Å². The molecule has 26 heavy (non-hydrogen) atoms. The molecular formula is C19H25N5O2. The molecule has 2 aliphatic heterocycles. The van der Waals surface area contributed by atoms with Crippen molar-refractivity contribution in [2.45, 2.75) is 57.2 Å². The molecule has 1 saturated carbocycles. The van der Waals surface area contributed by atoms with Gasteiger partial charge in [-0.3, -0.25) is 0 Å². The number of methoxy groups -OCH3 is 1. The highest BCUT2D eigenvalue weighted by Gasteiger charge is 2.34. The molecule has 0 spiro atoms. The summed E-state index contributed by atoms with van der Waals surface area (Å²) < 4.78 is 13.8. The van der Waals surface area contributed by atoms with E-state index in [1.807, 2.05) is 0 Å². The van der Waals surface area contributed by atoms with Crippen molar-refractivity contribution in [1.29, 1.82) is 0 Å². The Morgan fingerprint density at radius 1 is 1.23 bits per heavy atom. The van der Waals surface area contributed by atoms with E-state index in [-0.39, 0.29) is 6.23 Å². The standard InChI is InChI=1S/C19H25N5O2/c1-25-19-16(17(12-5-6-12)21-11-22-19)18-13-10-20-8-7-14(13)24(23-18)15-4-2-3-9-26-15/h11-12,15,20H,2-10H2,1H3. The molecule has 2 fully saturated rings. The molecule has 1 unspecified atom stereocenters. The van der Waals surface area contributed by atoms with Crippen LogP contribution in [-0.4, -0.2) is 40.0 Å². The Kier molecular flexibility index (Phi) is 4.13. The van der Waals surface area contributed by atoms with Gasteiger partial charge in [-0.25, -0.2) is 14.6 Å². The van der Waals surface area contributed by atoms with Crippen molar-refractivity contribution in [3.05, 3.63) is 23.3 Å². The van der Waals surface area contributed by atoms with E-state index in [4.69, 9.17) is 14.6 Å². The lowest BCUT2D eigenvalue weighted by Crippen LogP contribution is -2.27. The van der Waals surface area contributed by atoms with Gasteiger partial charge in [-0.15, -0.1) is 0 Å². The fraction of sp³-hybridized carbons (Fsp3) is 0.632. The normalized spacial score (nSPS) is 22.9. The molecule has 2 aromatic heterocycles. The van der Waals surface area contributed by atoms with Gasteiger partial charge >= 0.3 is 0 Å². The molecule has 0 amide bonds. The summed E-state index contributed by atoms with van der Waals surface area (Å²) in [5.41, 5.74) is 5.57. The van der Waals surface area contributed by atoms with Crippen LogP contribution in [0.4, 0.5) is 0 Å². The first-order valence-corrected chi connectivity index (χ1v) is 9.68. The predicted octanol–water partition coefficient (Wildman–Crippen LogP) is 2.57. The third kappa shape index (κ3) is 2.70. The largest absolute Gasteiger partial charge is 0.480 e. The van der Waals surface area contributed by atoms with Gasteiger partial charge in [0.25, 0.3) is 0 Å². The van der Waals surface area contributed by atoms with Gasteiger partial charge in [0.15, 0.2) is 0 Å². The summed E-state index contributed by atoms with van der Waals surface area (Å²) in [5.74, 6) is 1.13. The lowest BCUT2D eigenvalue weighted by Gasteiger charge is -2.25. The minimum absolute atomic E-state index is 0.0457. The van der Waals surface area contributed by atoms with Crippen molar-refractivity contribution in [1.82, 2.24) is 25.1 Å². The number of nitrogens with zero attached hydrogens (tertiary/aromatic N) is 4. The van der Waals surface area contributed by atoms with Gasteiger partial charge in [0.05, 0.1) is 18.4 Å². The summed E-state index contributed by atoms with van der Waals surface area (Å²) >= 11 is 0. The summed E-state index contributed by atoms with van der Waals surface area (Å²) in [6.07, 6.45) is 8.35. The molecule has 138 valence electrons. The molecule has 2 aromatic rings. The summed E-state index contributed by atoms with van der Waals surface area (Å²) in [6.45, 7) is 2.61. The van der Waals surface area contributed by atoms with E-state index in [2.05, 4.69) is 20.0 Å². The third-order valence-electron chi connectivity index (χ3n) is 5.62. The van der Waals surface area contributed by atoms with E-state index >= 15 is 0 Å². The lowest BCUT2D eigenvalue weighted by atomic mass is 10.00. The first-order chi connectivity index (χ1) is 12.9. The van der Waals surface area contributed by atoms with E-state index < -0.39 is 0 Å². The fourth-order valence-corrected chi connectivity index (χ4v) is 4.16. The van der Waals surface area contributed by atoms with E-state index in [9.17, 15) is 0 Å². The van der Waals surface area contributed by atoms with Crippen LogP contribution in [0.5, 0.6) is 5.88 Å². The van der Waals surface area contributed by atoms with Gasteiger partial charge in [-0.1, -0.05) is 0 Å². The zero-order chi connectivity index (χ0) is 17.5. The van der Waals surface area contributed by atoms with Crippen LogP contribution in [0.2, 0.25) is 0 Å². The summed E-state index contributed by atoms with van der Waals surface area (Å²) in [5, 5.41) is 8.55. The summed E-state index contributed by atoms with van der Waals surface area (Å²) in [4.78, 5) is 8.99. The quantitative estimate of drug-likeness (QED) is 0.909. The van der Waals surface area contributed by atoms with Gasteiger partial charge in [0.2, 0.25) is 5.88 Å². The van der Waals surface area contributed by atoms with Gasteiger partial charge in [0, 0.05) is 43.3 Å². The molecule has 0 aromatic carbocycles. The number of hydrogen-bond acceptors (Lipinski definition) is 6. The number of nitrogens with one attached hydrogen (secondary N) is 1. The highest BCUT2D eigenvalue weighted by Crippen LogP contribution is 2.46. The molecule has 7 nitrogen and oxygen atoms in total. The van der Waals surface area contributed by atoms with Crippen molar-refractivity contribution in [3.63, 3.8) is 0 Å². The van der Waals surface area contributed by atoms with Crippen LogP contribution in [0, 0.1) is 0 Å². The molecule has 1 N–H and O–H groups in total. The number of hydrogen-bond donors (Lipinski definition) is 1. The van der Waals surface area contributed by atoms with E-state index in [0.717, 1.165) is 55.9 Å². The topological polar surface area (TPSA) is 74.1 Å². The minimum atomic E-state index is 0.0457. The Bertz CT molecular complexity index is 809. The monoisotopic (exact) mass is 355 g/mol. The molecule has 1 atom stereocenters. The SMILES string of the molecule is COc1ncnc(C2CC2)c1-c1nn(C2CCCCO2)c2c1CNCC2. The maximum absolute atomic E-state index is 6.04. The minimum Gasteiger partial charge on any atom is -0.480 e. The molecule has 0 radical (unpaired) electrons. The Morgan fingerprint density at radius 2 is 2.15 bits per heavy atom. The van der Waals surface area contributed by atoms with Crippen molar-refractivity contribution >= 4 is 0 Å². The average molecular weight is 355 g/mol. The second-order valence-electron chi connectivity index (χ2n) is 7.38. The molecule has 3 aliphatic rings. The summed E-state index contributed by atoms with van der Waals surface area (Å²) in [7, 11) is 1.68. The number of aromatic nitrogens is 4. The Labute approximate surface area is 153 Å². The zero-order valence-corrected chi connectivity index (χ0v) is 15.2. The molecule has 5 rings (SSSR count).